The van der Waals surface area contributed by atoms with Crippen molar-refractivity contribution in [3.8, 4) is 28.1 Å². The molecule has 0 spiro atoms. The molecule has 3 N–H and O–H groups in total. The molecule has 4 heteroatoms. The molecular formula is C25H25ClN2O. The number of halogens is 1. The summed E-state index contributed by atoms with van der Waals surface area (Å²) in [6.45, 7) is 0.702. The first-order chi connectivity index (χ1) is 14.2. The van der Waals surface area contributed by atoms with Crippen molar-refractivity contribution in [1.82, 2.24) is 4.98 Å². The summed E-state index contributed by atoms with van der Waals surface area (Å²) in [4.78, 5) is 3.62. The maximum absolute atomic E-state index is 6.32. The van der Waals surface area contributed by atoms with E-state index in [4.69, 9.17) is 22.1 Å². The number of rotatable bonds is 7. The quantitative estimate of drug-likeness (QED) is 0.348. The van der Waals surface area contributed by atoms with Crippen molar-refractivity contribution in [2.45, 2.75) is 19.3 Å². The molecule has 1 heterocycles. The summed E-state index contributed by atoms with van der Waals surface area (Å²) >= 11 is 6.32. The molecule has 0 atom stereocenters. The molecule has 4 aromatic rings. The summed E-state index contributed by atoms with van der Waals surface area (Å²) in [7, 11) is 1.69. The van der Waals surface area contributed by atoms with Crippen LogP contribution in [-0.2, 0) is 6.42 Å². The van der Waals surface area contributed by atoms with Crippen molar-refractivity contribution in [2.24, 2.45) is 5.73 Å². The lowest BCUT2D eigenvalue weighted by molar-refractivity contribution is 0.416. The molecule has 0 radical (unpaired) electrons. The first-order valence-corrected chi connectivity index (χ1v) is 10.3. The third-order valence-corrected chi connectivity index (χ3v) is 5.56. The summed E-state index contributed by atoms with van der Waals surface area (Å²) in [6, 6.07) is 22.8. The normalized spacial score (nSPS) is 11.1. The predicted molar refractivity (Wildman–Crippen MR) is 123 cm³/mol. The van der Waals surface area contributed by atoms with E-state index < -0.39 is 0 Å². The highest BCUT2D eigenvalue weighted by Crippen LogP contribution is 2.39. The minimum atomic E-state index is 0.692. The number of hydrogen-bond donors (Lipinski definition) is 2. The van der Waals surface area contributed by atoms with Gasteiger partial charge in [-0.25, -0.2) is 0 Å². The van der Waals surface area contributed by atoms with Gasteiger partial charge >= 0.3 is 0 Å². The standard InChI is InChI=1S/C25H25ClN2O/c1-29-24-13-11-19(26)16-22(24)25-20(9-5-6-14-27)21-15-18(10-12-23(21)28-25)17-7-3-2-4-8-17/h2-4,7-8,10-13,15-16,28H,5-6,9,14,27H2,1H3. The van der Waals surface area contributed by atoms with Gasteiger partial charge in [0.2, 0.25) is 0 Å². The van der Waals surface area contributed by atoms with Crippen molar-refractivity contribution >= 4 is 22.5 Å². The van der Waals surface area contributed by atoms with Crippen molar-refractivity contribution in [3.63, 3.8) is 0 Å². The zero-order chi connectivity index (χ0) is 20.2. The molecule has 0 unspecified atom stereocenters. The molecule has 0 saturated heterocycles. The molecule has 0 bridgehead atoms. The van der Waals surface area contributed by atoms with Gasteiger partial charge in [0.1, 0.15) is 5.75 Å². The van der Waals surface area contributed by atoms with Crippen molar-refractivity contribution in [2.75, 3.05) is 13.7 Å². The van der Waals surface area contributed by atoms with E-state index in [-0.39, 0.29) is 0 Å². The highest BCUT2D eigenvalue weighted by Gasteiger charge is 2.17. The molecule has 0 aliphatic rings. The molecule has 4 rings (SSSR count). The van der Waals surface area contributed by atoms with Gasteiger partial charge in [0.05, 0.1) is 12.8 Å². The number of H-pyrrole nitrogens is 1. The van der Waals surface area contributed by atoms with Crippen LogP contribution in [0.3, 0.4) is 0 Å². The van der Waals surface area contributed by atoms with E-state index in [9.17, 15) is 0 Å². The maximum atomic E-state index is 6.32. The second kappa shape index (κ2) is 8.73. The van der Waals surface area contributed by atoms with Gasteiger partial charge in [-0.3, -0.25) is 0 Å². The van der Waals surface area contributed by atoms with E-state index in [1.165, 1.54) is 22.1 Å². The van der Waals surface area contributed by atoms with Crippen LogP contribution in [0.4, 0.5) is 0 Å². The first-order valence-electron chi connectivity index (χ1n) is 9.95. The summed E-state index contributed by atoms with van der Waals surface area (Å²) in [5, 5.41) is 1.93. The van der Waals surface area contributed by atoms with Crippen molar-refractivity contribution in [1.29, 1.82) is 0 Å². The fourth-order valence-electron chi connectivity index (χ4n) is 3.87. The first kappa shape index (κ1) is 19.6. The van der Waals surface area contributed by atoms with Crippen LogP contribution in [0.15, 0.2) is 66.7 Å². The van der Waals surface area contributed by atoms with Gasteiger partial charge in [-0.2, -0.15) is 0 Å². The fraction of sp³-hybridized carbons (Fsp3) is 0.200. The predicted octanol–water partition coefficient (Wildman–Crippen LogP) is 6.45. The van der Waals surface area contributed by atoms with Gasteiger partial charge in [0.25, 0.3) is 0 Å². The summed E-state index contributed by atoms with van der Waals surface area (Å²) < 4.78 is 5.63. The Balaban J connectivity index is 1.90. The topological polar surface area (TPSA) is 51.0 Å². The average Bonchev–Trinajstić information content (AvgIpc) is 3.12. The van der Waals surface area contributed by atoms with E-state index in [1.807, 2.05) is 24.3 Å². The highest BCUT2D eigenvalue weighted by molar-refractivity contribution is 6.31. The number of benzene rings is 3. The van der Waals surface area contributed by atoms with Crippen LogP contribution in [0, 0.1) is 0 Å². The van der Waals surface area contributed by atoms with Crippen LogP contribution in [0.25, 0.3) is 33.3 Å². The van der Waals surface area contributed by atoms with Crippen LogP contribution in [0.5, 0.6) is 5.75 Å². The summed E-state index contributed by atoms with van der Waals surface area (Å²) in [6.07, 6.45) is 2.98. The highest BCUT2D eigenvalue weighted by atomic mass is 35.5. The van der Waals surface area contributed by atoms with Gasteiger partial charge in [0, 0.05) is 21.5 Å². The molecule has 0 saturated carbocycles. The monoisotopic (exact) mass is 404 g/mol. The minimum absolute atomic E-state index is 0.692. The molecule has 29 heavy (non-hydrogen) atoms. The molecule has 0 fully saturated rings. The van der Waals surface area contributed by atoms with E-state index in [0.717, 1.165) is 41.8 Å². The zero-order valence-electron chi connectivity index (χ0n) is 16.5. The molecule has 0 aliphatic carbocycles. The van der Waals surface area contributed by atoms with Gasteiger partial charge in [0.15, 0.2) is 0 Å². The number of hydrogen-bond acceptors (Lipinski definition) is 2. The SMILES string of the molecule is COc1ccc(Cl)cc1-c1[nH]c2ccc(-c3ccccc3)cc2c1CCCCN. The Kier molecular flexibility index (Phi) is 5.89. The minimum Gasteiger partial charge on any atom is -0.496 e. The van der Waals surface area contributed by atoms with Gasteiger partial charge in [-0.1, -0.05) is 48.0 Å². The number of methoxy groups -OCH3 is 1. The largest absolute Gasteiger partial charge is 0.496 e. The second-order valence-electron chi connectivity index (χ2n) is 7.20. The number of aromatic amines is 1. The number of aromatic nitrogens is 1. The number of fused-ring (bicyclic) bond motifs is 1. The molecule has 0 aliphatic heterocycles. The number of nitrogens with two attached hydrogens (primary N) is 1. The second-order valence-corrected chi connectivity index (χ2v) is 7.63. The molecular weight excluding hydrogens is 380 g/mol. The third-order valence-electron chi connectivity index (χ3n) is 5.33. The van der Waals surface area contributed by atoms with Gasteiger partial charge in [-0.15, -0.1) is 0 Å². The number of aryl methyl sites for hydroxylation is 1. The molecule has 148 valence electrons. The van der Waals surface area contributed by atoms with E-state index >= 15 is 0 Å². The van der Waals surface area contributed by atoms with Gasteiger partial charge in [-0.05, 0) is 72.8 Å². The third kappa shape index (κ3) is 4.02. The molecule has 3 aromatic carbocycles. The average molecular weight is 405 g/mol. The smallest absolute Gasteiger partial charge is 0.128 e. The van der Waals surface area contributed by atoms with Crippen molar-refractivity contribution in [3.05, 3.63) is 77.3 Å². The van der Waals surface area contributed by atoms with Crippen LogP contribution in [0.1, 0.15) is 18.4 Å². The summed E-state index contributed by atoms with van der Waals surface area (Å²) in [5.41, 5.74) is 12.6. The van der Waals surface area contributed by atoms with Crippen LogP contribution in [0.2, 0.25) is 5.02 Å². The Bertz CT molecular complexity index is 1120. The van der Waals surface area contributed by atoms with E-state index in [1.54, 1.807) is 7.11 Å². The van der Waals surface area contributed by atoms with Crippen LogP contribution < -0.4 is 10.5 Å². The molecule has 1 aromatic heterocycles. The Morgan fingerprint density at radius 3 is 2.52 bits per heavy atom. The van der Waals surface area contributed by atoms with E-state index in [0.29, 0.717) is 11.6 Å². The van der Waals surface area contributed by atoms with E-state index in [2.05, 4.69) is 47.4 Å². The zero-order valence-corrected chi connectivity index (χ0v) is 17.3. The number of ether oxygens (including phenoxy) is 1. The number of nitrogens with one attached hydrogen (secondary N) is 1. The Labute approximate surface area is 176 Å². The van der Waals surface area contributed by atoms with Crippen molar-refractivity contribution < 1.29 is 4.74 Å². The summed E-state index contributed by atoms with van der Waals surface area (Å²) in [5.74, 6) is 0.810. The molecule has 0 amide bonds. The fourth-order valence-corrected chi connectivity index (χ4v) is 4.04. The van der Waals surface area contributed by atoms with Gasteiger partial charge < -0.3 is 15.5 Å². The Hall–Kier alpha value is -2.75. The van der Waals surface area contributed by atoms with Crippen LogP contribution in [-0.4, -0.2) is 18.6 Å². The lowest BCUT2D eigenvalue weighted by atomic mass is 9.97. The molecule has 3 nitrogen and oxygen atoms in total. The Morgan fingerprint density at radius 2 is 1.76 bits per heavy atom. The lowest BCUT2D eigenvalue weighted by Gasteiger charge is -2.11. The number of unbranched alkanes of at least 4 members (excludes halogenated alkanes) is 1. The maximum Gasteiger partial charge on any atom is 0.128 e. The van der Waals surface area contributed by atoms with Crippen LogP contribution >= 0.6 is 11.6 Å². The Morgan fingerprint density at radius 1 is 0.931 bits per heavy atom. The lowest BCUT2D eigenvalue weighted by Crippen LogP contribution is -1.99.